The summed E-state index contributed by atoms with van der Waals surface area (Å²) in [5.74, 6) is 0.146. The highest BCUT2D eigenvalue weighted by Crippen LogP contribution is 2.21. The molecule has 1 unspecified atom stereocenters. The van der Waals surface area contributed by atoms with E-state index in [1.165, 1.54) is 31.4 Å². The van der Waals surface area contributed by atoms with Crippen molar-refractivity contribution in [2.75, 3.05) is 26.2 Å². The number of nitrogens with zero attached hydrogens (tertiary/aromatic N) is 3. The van der Waals surface area contributed by atoms with E-state index < -0.39 is 4.92 Å². The summed E-state index contributed by atoms with van der Waals surface area (Å²) in [7, 11) is 0. The van der Waals surface area contributed by atoms with Crippen molar-refractivity contribution in [3.63, 3.8) is 0 Å². The minimum atomic E-state index is -0.414. The molecule has 6 nitrogen and oxygen atoms in total. The van der Waals surface area contributed by atoms with E-state index in [-0.39, 0.29) is 24.0 Å². The lowest BCUT2D eigenvalue weighted by atomic mass is 10.00. The second kappa shape index (κ2) is 9.15. The number of carbonyl (C=O) groups is 1. The van der Waals surface area contributed by atoms with Crippen LogP contribution in [0.5, 0.6) is 0 Å². The highest BCUT2D eigenvalue weighted by atomic mass is 35.5. The van der Waals surface area contributed by atoms with Crippen molar-refractivity contribution in [2.24, 2.45) is 0 Å². The van der Waals surface area contributed by atoms with Crippen LogP contribution in [0.2, 0.25) is 0 Å². The van der Waals surface area contributed by atoms with Crippen LogP contribution in [0, 0.1) is 10.1 Å². The molecule has 1 atom stereocenters. The Balaban J connectivity index is 0.00000225. The standard InChI is InChI=1S/C18H25N3O3.ClH/c22-18(13-15-6-8-16(9-7-15)21(23)24)20-12-2-1-5-17(20)14-19-10-3-4-11-19;/h6-9,17H,1-5,10-14H2;1H. The average molecular weight is 368 g/mol. The Morgan fingerprint density at radius 3 is 2.36 bits per heavy atom. The first-order valence-corrected chi connectivity index (χ1v) is 8.88. The predicted molar refractivity (Wildman–Crippen MR) is 99.1 cm³/mol. The van der Waals surface area contributed by atoms with E-state index in [0.717, 1.165) is 44.6 Å². The molecule has 3 rings (SSSR count). The van der Waals surface area contributed by atoms with Crippen LogP contribution in [0.25, 0.3) is 0 Å². The summed E-state index contributed by atoms with van der Waals surface area (Å²) in [5.41, 5.74) is 0.909. The van der Waals surface area contributed by atoms with E-state index in [4.69, 9.17) is 0 Å². The fourth-order valence-electron chi connectivity index (χ4n) is 3.79. The minimum Gasteiger partial charge on any atom is -0.338 e. The second-order valence-electron chi connectivity index (χ2n) is 6.84. The topological polar surface area (TPSA) is 66.7 Å². The van der Waals surface area contributed by atoms with Crippen LogP contribution in [0.15, 0.2) is 24.3 Å². The third-order valence-electron chi connectivity index (χ3n) is 5.12. The molecule has 0 radical (unpaired) electrons. The quantitative estimate of drug-likeness (QED) is 0.592. The van der Waals surface area contributed by atoms with Gasteiger partial charge in [-0.15, -0.1) is 12.4 Å². The van der Waals surface area contributed by atoms with Gasteiger partial charge in [0.1, 0.15) is 0 Å². The van der Waals surface area contributed by atoms with Crippen molar-refractivity contribution in [1.29, 1.82) is 0 Å². The second-order valence-corrected chi connectivity index (χ2v) is 6.84. The summed E-state index contributed by atoms with van der Waals surface area (Å²) in [5, 5.41) is 10.7. The van der Waals surface area contributed by atoms with Crippen LogP contribution in [0.1, 0.15) is 37.7 Å². The molecule has 0 saturated carbocycles. The van der Waals surface area contributed by atoms with Gasteiger partial charge in [-0.3, -0.25) is 14.9 Å². The maximum atomic E-state index is 12.7. The van der Waals surface area contributed by atoms with Gasteiger partial charge in [0.15, 0.2) is 0 Å². The molecule has 2 aliphatic heterocycles. The maximum Gasteiger partial charge on any atom is 0.269 e. The first-order valence-electron chi connectivity index (χ1n) is 8.88. The predicted octanol–water partition coefficient (Wildman–Crippen LogP) is 3.04. The Bertz CT molecular complexity index is 588. The monoisotopic (exact) mass is 367 g/mol. The Morgan fingerprint density at radius 2 is 1.72 bits per heavy atom. The molecule has 2 fully saturated rings. The summed E-state index contributed by atoms with van der Waals surface area (Å²) in [6, 6.07) is 6.65. The Labute approximate surface area is 154 Å². The molecule has 2 aliphatic rings. The number of amides is 1. The van der Waals surface area contributed by atoms with Crippen LogP contribution in [0.3, 0.4) is 0 Å². The average Bonchev–Trinajstić information content (AvgIpc) is 3.09. The van der Waals surface area contributed by atoms with Crippen LogP contribution < -0.4 is 0 Å². The van der Waals surface area contributed by atoms with Gasteiger partial charge < -0.3 is 9.80 Å². The van der Waals surface area contributed by atoms with Gasteiger partial charge in [-0.2, -0.15) is 0 Å². The number of nitro groups is 1. The van der Waals surface area contributed by atoms with Gasteiger partial charge in [-0.25, -0.2) is 0 Å². The molecule has 0 bridgehead atoms. The number of likely N-dealkylation sites (tertiary alicyclic amines) is 2. The van der Waals surface area contributed by atoms with Gasteiger partial charge in [0.25, 0.3) is 5.69 Å². The van der Waals surface area contributed by atoms with Gasteiger partial charge in [-0.05, 0) is 50.8 Å². The molecule has 2 saturated heterocycles. The number of rotatable bonds is 5. The van der Waals surface area contributed by atoms with Gasteiger partial charge >= 0.3 is 0 Å². The summed E-state index contributed by atoms with van der Waals surface area (Å²) < 4.78 is 0. The summed E-state index contributed by atoms with van der Waals surface area (Å²) >= 11 is 0. The van der Waals surface area contributed by atoms with Crippen LogP contribution in [-0.2, 0) is 11.2 Å². The number of halogens is 1. The third kappa shape index (κ3) is 5.16. The van der Waals surface area contributed by atoms with Crippen molar-refractivity contribution in [3.05, 3.63) is 39.9 Å². The molecule has 0 spiro atoms. The zero-order valence-electron chi connectivity index (χ0n) is 14.4. The molecule has 0 aliphatic carbocycles. The van der Waals surface area contributed by atoms with Gasteiger partial charge in [0.2, 0.25) is 5.91 Å². The number of hydrogen-bond donors (Lipinski definition) is 0. The summed E-state index contributed by atoms with van der Waals surface area (Å²) in [6.45, 7) is 4.14. The number of benzene rings is 1. The summed E-state index contributed by atoms with van der Waals surface area (Å²) in [4.78, 5) is 27.6. The molecule has 2 heterocycles. The number of hydrogen-bond acceptors (Lipinski definition) is 4. The van der Waals surface area contributed by atoms with Crippen molar-refractivity contribution in [2.45, 2.75) is 44.6 Å². The molecular formula is C18H26ClN3O3. The number of piperidine rings is 1. The van der Waals surface area contributed by atoms with E-state index in [1.54, 1.807) is 12.1 Å². The Kier molecular flexibility index (Phi) is 7.20. The largest absolute Gasteiger partial charge is 0.338 e. The normalized spacial score (nSPS) is 21.0. The zero-order chi connectivity index (χ0) is 16.9. The maximum absolute atomic E-state index is 12.7. The first-order chi connectivity index (χ1) is 11.6. The molecule has 0 N–H and O–H groups in total. The van der Waals surface area contributed by atoms with Crippen molar-refractivity contribution < 1.29 is 9.72 Å². The SMILES string of the molecule is Cl.O=C(Cc1ccc([N+](=O)[O-])cc1)N1CCCCC1CN1CCCC1. The number of non-ortho nitro benzene ring substituents is 1. The smallest absolute Gasteiger partial charge is 0.269 e. The first kappa shape index (κ1) is 19.7. The summed E-state index contributed by atoms with van der Waals surface area (Å²) in [6.07, 6.45) is 6.21. The van der Waals surface area contributed by atoms with Crippen molar-refractivity contribution in [3.8, 4) is 0 Å². The van der Waals surface area contributed by atoms with Crippen LogP contribution in [-0.4, -0.2) is 52.9 Å². The molecular weight excluding hydrogens is 342 g/mol. The molecule has 1 aromatic carbocycles. The Morgan fingerprint density at radius 1 is 1.08 bits per heavy atom. The van der Waals surface area contributed by atoms with E-state index >= 15 is 0 Å². The van der Waals surface area contributed by atoms with Gasteiger partial charge in [0.05, 0.1) is 11.3 Å². The number of carbonyl (C=O) groups excluding carboxylic acids is 1. The molecule has 1 amide bonds. The molecule has 0 aromatic heterocycles. The molecule has 7 heteroatoms. The van der Waals surface area contributed by atoms with E-state index in [2.05, 4.69) is 4.90 Å². The lowest BCUT2D eigenvalue weighted by Crippen LogP contribution is -2.49. The molecule has 138 valence electrons. The lowest BCUT2D eigenvalue weighted by molar-refractivity contribution is -0.384. The lowest BCUT2D eigenvalue weighted by Gasteiger charge is -2.38. The molecule has 1 aromatic rings. The van der Waals surface area contributed by atoms with E-state index in [1.807, 2.05) is 4.90 Å². The van der Waals surface area contributed by atoms with Crippen LogP contribution in [0.4, 0.5) is 5.69 Å². The fraction of sp³-hybridized carbons (Fsp3) is 0.611. The van der Waals surface area contributed by atoms with Gasteiger partial charge in [0, 0.05) is 31.3 Å². The molecule has 25 heavy (non-hydrogen) atoms. The minimum absolute atomic E-state index is 0. The fourth-order valence-corrected chi connectivity index (χ4v) is 3.79. The highest BCUT2D eigenvalue weighted by Gasteiger charge is 2.29. The van der Waals surface area contributed by atoms with E-state index in [9.17, 15) is 14.9 Å². The van der Waals surface area contributed by atoms with Crippen molar-refractivity contribution >= 4 is 24.0 Å². The van der Waals surface area contributed by atoms with Crippen molar-refractivity contribution in [1.82, 2.24) is 9.80 Å². The highest BCUT2D eigenvalue weighted by molar-refractivity contribution is 5.85. The number of nitro benzene ring substituents is 1. The van der Waals surface area contributed by atoms with Gasteiger partial charge in [-0.1, -0.05) is 12.1 Å². The van der Waals surface area contributed by atoms with E-state index in [0.29, 0.717) is 12.5 Å². The van der Waals surface area contributed by atoms with Crippen LogP contribution >= 0.6 is 12.4 Å². The zero-order valence-corrected chi connectivity index (χ0v) is 15.2. The third-order valence-corrected chi connectivity index (χ3v) is 5.12. The Hall–Kier alpha value is -1.66.